The fourth-order valence-electron chi connectivity index (χ4n) is 3.73. The summed E-state index contributed by atoms with van der Waals surface area (Å²) in [5.74, 6) is 0.215. The largest absolute Gasteiger partial charge is 0.497 e. The molecule has 3 heterocycles. The molecule has 0 unspecified atom stereocenters. The number of hydrogen-bond acceptors (Lipinski definition) is 8. The van der Waals surface area contributed by atoms with Gasteiger partial charge >= 0.3 is 6.01 Å². The van der Waals surface area contributed by atoms with E-state index in [9.17, 15) is 13.2 Å². The number of nitrogens with one attached hydrogen (secondary N) is 1. The van der Waals surface area contributed by atoms with Crippen molar-refractivity contribution in [1.82, 2.24) is 24.3 Å². The van der Waals surface area contributed by atoms with E-state index in [1.54, 1.807) is 29.1 Å². The Labute approximate surface area is 191 Å². The second kappa shape index (κ2) is 9.32. The van der Waals surface area contributed by atoms with Gasteiger partial charge < -0.3 is 9.15 Å². The van der Waals surface area contributed by atoms with E-state index >= 15 is 0 Å². The zero-order valence-electron chi connectivity index (χ0n) is 18.6. The molecule has 11 nitrogen and oxygen atoms in total. The van der Waals surface area contributed by atoms with Crippen molar-refractivity contribution in [3.63, 3.8) is 0 Å². The number of piperidine rings is 1. The summed E-state index contributed by atoms with van der Waals surface area (Å²) in [4.78, 5) is 12.9. The Hall–Kier alpha value is -3.25. The number of carbonyl (C=O) groups is 1. The quantitative estimate of drug-likeness (QED) is 0.552. The van der Waals surface area contributed by atoms with Gasteiger partial charge in [-0.25, -0.2) is 8.42 Å². The monoisotopic (exact) mass is 474 g/mol. The third-order valence-corrected chi connectivity index (χ3v) is 7.47. The topological polar surface area (TPSA) is 132 Å². The van der Waals surface area contributed by atoms with E-state index in [2.05, 4.69) is 20.6 Å². The first-order valence-corrected chi connectivity index (χ1v) is 12.1. The molecule has 12 heteroatoms. The number of amides is 1. The van der Waals surface area contributed by atoms with E-state index in [0.29, 0.717) is 24.3 Å². The van der Waals surface area contributed by atoms with E-state index in [-0.39, 0.29) is 47.8 Å². The second-order valence-electron chi connectivity index (χ2n) is 8.01. The predicted molar refractivity (Wildman–Crippen MR) is 119 cm³/mol. The minimum atomic E-state index is -3.63. The average Bonchev–Trinajstić information content (AvgIpc) is 3.49. The Bertz CT molecular complexity index is 1210. The zero-order chi connectivity index (χ0) is 23.6. The molecular weight excluding hydrogens is 448 g/mol. The Kier molecular flexibility index (Phi) is 6.47. The number of rotatable bonds is 7. The number of aromatic nitrogens is 4. The predicted octanol–water partition coefficient (Wildman–Crippen LogP) is 2.56. The number of nitrogens with zero attached hydrogens (tertiary/aromatic N) is 5. The van der Waals surface area contributed by atoms with Crippen LogP contribution in [0.25, 0.3) is 11.6 Å². The van der Waals surface area contributed by atoms with Gasteiger partial charge in [0.2, 0.25) is 15.9 Å². The molecule has 4 rings (SSSR count). The van der Waals surface area contributed by atoms with Crippen LogP contribution in [-0.4, -0.2) is 58.8 Å². The number of anilines is 1. The van der Waals surface area contributed by atoms with Gasteiger partial charge in [-0.1, -0.05) is 5.10 Å². The molecule has 1 saturated heterocycles. The number of carbonyl (C=O) groups excluding carboxylic acids is 1. The third kappa shape index (κ3) is 4.76. The lowest BCUT2D eigenvalue weighted by atomic mass is 9.97. The third-order valence-electron chi connectivity index (χ3n) is 5.56. The van der Waals surface area contributed by atoms with Crippen LogP contribution in [0.5, 0.6) is 5.75 Å². The maximum Gasteiger partial charge on any atom is 0.322 e. The molecule has 0 spiro atoms. The van der Waals surface area contributed by atoms with Crippen LogP contribution < -0.4 is 10.1 Å². The fourth-order valence-corrected chi connectivity index (χ4v) is 5.20. The summed E-state index contributed by atoms with van der Waals surface area (Å²) in [5, 5.41) is 14.8. The first-order valence-electron chi connectivity index (χ1n) is 10.6. The van der Waals surface area contributed by atoms with Crippen LogP contribution in [0.2, 0.25) is 0 Å². The summed E-state index contributed by atoms with van der Waals surface area (Å²) in [7, 11) is -2.11. The van der Waals surface area contributed by atoms with Crippen molar-refractivity contribution in [2.24, 2.45) is 5.92 Å². The maximum absolute atomic E-state index is 12.9. The lowest BCUT2D eigenvalue weighted by Crippen LogP contribution is -2.41. The average molecular weight is 475 g/mol. The number of sulfonamides is 1. The molecule has 1 fully saturated rings. The van der Waals surface area contributed by atoms with Crippen molar-refractivity contribution < 1.29 is 22.4 Å². The minimum absolute atomic E-state index is 0.000194. The molecule has 0 atom stereocenters. The Morgan fingerprint density at radius 3 is 2.48 bits per heavy atom. The Balaban J connectivity index is 1.36. The van der Waals surface area contributed by atoms with Gasteiger partial charge in [-0.05, 0) is 57.0 Å². The number of hydrogen-bond donors (Lipinski definition) is 1. The molecule has 0 saturated carbocycles. The van der Waals surface area contributed by atoms with Gasteiger partial charge in [-0.15, -0.1) is 5.10 Å². The molecule has 1 aromatic carbocycles. The van der Waals surface area contributed by atoms with Gasteiger partial charge in [0.1, 0.15) is 11.4 Å². The van der Waals surface area contributed by atoms with Gasteiger partial charge in [0.25, 0.3) is 5.89 Å². The lowest BCUT2D eigenvalue weighted by molar-refractivity contribution is -0.121. The highest BCUT2D eigenvalue weighted by Gasteiger charge is 2.32. The summed E-state index contributed by atoms with van der Waals surface area (Å²) < 4.78 is 39.6. The van der Waals surface area contributed by atoms with Gasteiger partial charge in [0, 0.05) is 31.2 Å². The summed E-state index contributed by atoms with van der Waals surface area (Å²) in [6.45, 7) is 4.46. The van der Waals surface area contributed by atoms with E-state index < -0.39 is 10.0 Å². The first kappa shape index (κ1) is 22.9. The highest BCUT2D eigenvalue weighted by molar-refractivity contribution is 7.89. The molecule has 3 aromatic rings. The highest BCUT2D eigenvalue weighted by Crippen LogP contribution is 2.27. The molecule has 1 amide bonds. The lowest BCUT2D eigenvalue weighted by Gasteiger charge is -2.30. The smallest absolute Gasteiger partial charge is 0.322 e. The van der Waals surface area contributed by atoms with Crippen molar-refractivity contribution in [3.05, 3.63) is 36.5 Å². The summed E-state index contributed by atoms with van der Waals surface area (Å²) >= 11 is 0. The molecule has 2 aromatic heterocycles. The van der Waals surface area contributed by atoms with Crippen molar-refractivity contribution in [2.75, 3.05) is 25.5 Å². The molecule has 1 aliphatic heterocycles. The maximum atomic E-state index is 12.9. The molecule has 1 aliphatic rings. The van der Waals surface area contributed by atoms with E-state index in [1.165, 1.54) is 23.5 Å². The molecular formula is C21H26N6O5S. The normalized spacial score (nSPS) is 15.6. The van der Waals surface area contributed by atoms with Crippen LogP contribution in [0.15, 0.2) is 45.8 Å². The van der Waals surface area contributed by atoms with Crippen LogP contribution in [0, 0.1) is 5.92 Å². The van der Waals surface area contributed by atoms with E-state index in [0.717, 1.165) is 0 Å². The van der Waals surface area contributed by atoms with E-state index in [1.807, 2.05) is 13.8 Å². The van der Waals surface area contributed by atoms with Crippen LogP contribution >= 0.6 is 0 Å². The van der Waals surface area contributed by atoms with Gasteiger partial charge in [0.15, 0.2) is 0 Å². The number of methoxy groups -OCH3 is 1. The zero-order valence-corrected chi connectivity index (χ0v) is 19.4. The highest BCUT2D eigenvalue weighted by atomic mass is 32.2. The standard InChI is InChI=1S/C21H26N6O5S/c1-14(2)27-18(8-11-22-27)20-24-25-21(32-20)23-19(28)15-9-12-26(13-10-15)33(29,30)17-6-4-16(31-3)5-7-17/h4-8,11,14-15H,9-10,12-13H2,1-3H3,(H,23,25,28). The number of ether oxygens (including phenoxy) is 1. The van der Waals surface area contributed by atoms with Crippen LogP contribution in [-0.2, 0) is 14.8 Å². The van der Waals surface area contributed by atoms with Gasteiger partial charge in [-0.2, -0.15) is 9.40 Å². The summed E-state index contributed by atoms with van der Waals surface area (Å²) in [6.07, 6.45) is 2.43. The fraction of sp³-hybridized carbons (Fsp3) is 0.429. The van der Waals surface area contributed by atoms with Crippen LogP contribution in [0.4, 0.5) is 6.01 Å². The van der Waals surface area contributed by atoms with Gasteiger partial charge in [0.05, 0.1) is 12.0 Å². The molecule has 0 radical (unpaired) electrons. The van der Waals surface area contributed by atoms with Crippen LogP contribution in [0.1, 0.15) is 32.7 Å². The first-order chi connectivity index (χ1) is 15.8. The second-order valence-corrected chi connectivity index (χ2v) is 9.95. The van der Waals surface area contributed by atoms with Crippen molar-refractivity contribution in [1.29, 1.82) is 0 Å². The van der Waals surface area contributed by atoms with E-state index in [4.69, 9.17) is 9.15 Å². The Morgan fingerprint density at radius 1 is 1.15 bits per heavy atom. The number of benzene rings is 1. The molecule has 0 aliphatic carbocycles. The SMILES string of the molecule is COc1ccc(S(=O)(=O)N2CCC(C(=O)Nc3nnc(-c4ccnn4C(C)C)o3)CC2)cc1. The molecule has 176 valence electrons. The molecule has 0 bridgehead atoms. The summed E-state index contributed by atoms with van der Waals surface area (Å²) in [6, 6.07) is 8.13. The van der Waals surface area contributed by atoms with Crippen molar-refractivity contribution in [2.45, 2.75) is 37.6 Å². The minimum Gasteiger partial charge on any atom is -0.497 e. The Morgan fingerprint density at radius 2 is 1.85 bits per heavy atom. The van der Waals surface area contributed by atoms with Gasteiger partial charge in [-0.3, -0.25) is 14.8 Å². The molecule has 33 heavy (non-hydrogen) atoms. The van der Waals surface area contributed by atoms with Crippen LogP contribution in [0.3, 0.4) is 0 Å². The molecule has 1 N–H and O–H groups in total. The van der Waals surface area contributed by atoms with Crippen molar-refractivity contribution in [3.8, 4) is 17.3 Å². The van der Waals surface area contributed by atoms with Crippen molar-refractivity contribution >= 4 is 21.9 Å². The summed E-state index contributed by atoms with van der Waals surface area (Å²) in [5.41, 5.74) is 0.662.